The molecule has 9 heteroatoms. The molecular formula is C28H25N3O5S. The maximum Gasteiger partial charge on any atom is 0.253 e. The first-order chi connectivity index (χ1) is 18.0. The predicted molar refractivity (Wildman–Crippen MR) is 145 cm³/mol. The summed E-state index contributed by atoms with van der Waals surface area (Å²) in [5.74, 6) is 2.72. The standard InChI is InChI=1S/C28H25N3O5S/c1-17-3-2-4-21(9-17)29-28(37)31(14-18-5-6-23-24(10-18)36-16-35-23)15-20-11-19-12-25-26(34-8-7-33-25)13-22(19)30-27(20)32/h2-6,9-13H,7-8,14-16H2,1H3,(H,29,37)(H,30,32). The molecule has 0 saturated heterocycles. The van der Waals surface area contributed by atoms with Crippen molar-refractivity contribution in [3.8, 4) is 23.0 Å². The number of nitrogens with one attached hydrogen (secondary N) is 2. The number of nitrogens with zero attached hydrogens (tertiary/aromatic N) is 1. The second kappa shape index (κ2) is 9.67. The number of thiocarbonyl (C=S) groups is 1. The second-order valence-corrected chi connectivity index (χ2v) is 9.44. The molecule has 1 aromatic heterocycles. The molecule has 6 rings (SSSR count). The summed E-state index contributed by atoms with van der Waals surface area (Å²) in [5, 5.41) is 4.69. The monoisotopic (exact) mass is 515 g/mol. The van der Waals surface area contributed by atoms with Gasteiger partial charge in [0, 0.05) is 29.2 Å². The van der Waals surface area contributed by atoms with E-state index in [1.165, 1.54) is 0 Å². The van der Waals surface area contributed by atoms with Crippen LogP contribution in [0.1, 0.15) is 16.7 Å². The molecule has 3 aromatic carbocycles. The van der Waals surface area contributed by atoms with E-state index < -0.39 is 0 Å². The Hall–Kier alpha value is -4.24. The molecule has 0 aliphatic carbocycles. The molecule has 0 radical (unpaired) electrons. The number of hydrogen-bond donors (Lipinski definition) is 2. The van der Waals surface area contributed by atoms with Crippen LogP contribution in [0.3, 0.4) is 0 Å². The van der Waals surface area contributed by atoms with Crippen LogP contribution in [-0.4, -0.2) is 35.0 Å². The molecule has 0 saturated carbocycles. The van der Waals surface area contributed by atoms with Crippen LogP contribution in [0.4, 0.5) is 5.69 Å². The average Bonchev–Trinajstić information content (AvgIpc) is 3.35. The Morgan fingerprint density at radius 3 is 2.54 bits per heavy atom. The highest BCUT2D eigenvalue weighted by molar-refractivity contribution is 7.80. The van der Waals surface area contributed by atoms with E-state index in [9.17, 15) is 4.79 Å². The Kier molecular flexibility index (Phi) is 6.05. The van der Waals surface area contributed by atoms with Crippen molar-refractivity contribution in [3.05, 3.63) is 87.7 Å². The van der Waals surface area contributed by atoms with Crippen LogP contribution in [0, 0.1) is 6.92 Å². The summed E-state index contributed by atoms with van der Waals surface area (Å²) < 4.78 is 22.4. The van der Waals surface area contributed by atoms with Gasteiger partial charge in [-0.3, -0.25) is 4.79 Å². The van der Waals surface area contributed by atoms with Gasteiger partial charge in [-0.05, 0) is 66.7 Å². The van der Waals surface area contributed by atoms with E-state index in [-0.39, 0.29) is 12.4 Å². The van der Waals surface area contributed by atoms with Gasteiger partial charge in [0.15, 0.2) is 28.1 Å². The number of ether oxygens (including phenoxy) is 4. The van der Waals surface area contributed by atoms with Crippen molar-refractivity contribution in [1.29, 1.82) is 0 Å². The van der Waals surface area contributed by atoms with E-state index in [1.54, 1.807) is 0 Å². The number of fused-ring (bicyclic) bond motifs is 3. The van der Waals surface area contributed by atoms with Crippen LogP contribution in [0.15, 0.2) is 65.5 Å². The molecule has 2 aliphatic heterocycles. The third-order valence-corrected chi connectivity index (χ3v) is 6.67. The van der Waals surface area contributed by atoms with E-state index >= 15 is 0 Å². The minimum atomic E-state index is -0.182. The van der Waals surface area contributed by atoms with Gasteiger partial charge in [0.2, 0.25) is 6.79 Å². The van der Waals surface area contributed by atoms with Crippen LogP contribution in [-0.2, 0) is 13.1 Å². The first-order valence-electron chi connectivity index (χ1n) is 12.0. The number of hydrogen-bond acceptors (Lipinski definition) is 6. The summed E-state index contributed by atoms with van der Waals surface area (Å²) in [6.07, 6.45) is 0. The van der Waals surface area contributed by atoms with Crippen molar-refractivity contribution in [2.24, 2.45) is 0 Å². The van der Waals surface area contributed by atoms with Crippen molar-refractivity contribution in [1.82, 2.24) is 9.88 Å². The number of aromatic nitrogens is 1. The molecule has 8 nitrogen and oxygen atoms in total. The first kappa shape index (κ1) is 23.2. The maximum atomic E-state index is 13.1. The fourth-order valence-electron chi connectivity index (χ4n) is 4.50. The van der Waals surface area contributed by atoms with Crippen LogP contribution in [0.2, 0.25) is 0 Å². The van der Waals surface area contributed by atoms with Crippen molar-refractivity contribution >= 4 is 33.9 Å². The van der Waals surface area contributed by atoms with Crippen LogP contribution in [0.25, 0.3) is 10.9 Å². The minimum Gasteiger partial charge on any atom is -0.486 e. The number of H-pyrrole nitrogens is 1. The van der Waals surface area contributed by atoms with Crippen LogP contribution < -0.4 is 29.8 Å². The maximum absolute atomic E-state index is 13.1. The number of pyridine rings is 1. The summed E-state index contributed by atoms with van der Waals surface area (Å²) in [7, 11) is 0. The SMILES string of the molecule is Cc1cccc(NC(=S)N(Cc2ccc3c(c2)OCO3)Cc2cc3cc4c(cc3[nH]c2=O)OCCO4)c1. The van der Waals surface area contributed by atoms with Crippen LogP contribution in [0.5, 0.6) is 23.0 Å². The minimum absolute atomic E-state index is 0.182. The van der Waals surface area contributed by atoms with Gasteiger partial charge in [-0.15, -0.1) is 0 Å². The molecule has 37 heavy (non-hydrogen) atoms. The Morgan fingerprint density at radius 1 is 0.919 bits per heavy atom. The molecule has 0 bridgehead atoms. The van der Waals surface area contributed by atoms with Gasteiger partial charge in [0.1, 0.15) is 13.2 Å². The highest BCUT2D eigenvalue weighted by Gasteiger charge is 2.19. The lowest BCUT2D eigenvalue weighted by atomic mass is 10.1. The van der Waals surface area contributed by atoms with E-state index in [2.05, 4.69) is 10.3 Å². The van der Waals surface area contributed by atoms with Gasteiger partial charge in [0.25, 0.3) is 5.56 Å². The normalized spacial score (nSPS) is 13.4. The average molecular weight is 516 g/mol. The van der Waals surface area contributed by atoms with Gasteiger partial charge in [-0.1, -0.05) is 18.2 Å². The fraction of sp³-hybridized carbons (Fsp3) is 0.214. The molecule has 0 unspecified atom stereocenters. The van der Waals surface area contributed by atoms with Crippen molar-refractivity contribution in [3.63, 3.8) is 0 Å². The summed E-state index contributed by atoms with van der Waals surface area (Å²) in [5.41, 5.74) is 4.08. The summed E-state index contributed by atoms with van der Waals surface area (Å²) in [6, 6.07) is 19.4. The van der Waals surface area contributed by atoms with Crippen molar-refractivity contribution in [2.45, 2.75) is 20.0 Å². The second-order valence-electron chi connectivity index (χ2n) is 9.05. The van der Waals surface area contributed by atoms with Gasteiger partial charge in [-0.2, -0.15) is 0 Å². The molecular weight excluding hydrogens is 490 g/mol. The van der Waals surface area contributed by atoms with E-state index in [0.29, 0.717) is 59.7 Å². The quantitative estimate of drug-likeness (QED) is 0.369. The zero-order valence-electron chi connectivity index (χ0n) is 20.2. The smallest absolute Gasteiger partial charge is 0.253 e. The predicted octanol–water partition coefficient (Wildman–Crippen LogP) is 4.74. The zero-order chi connectivity index (χ0) is 25.4. The Bertz CT molecular complexity index is 1570. The van der Waals surface area contributed by atoms with E-state index in [1.807, 2.05) is 72.5 Å². The molecule has 3 heterocycles. The fourth-order valence-corrected chi connectivity index (χ4v) is 4.74. The van der Waals surface area contributed by atoms with Gasteiger partial charge in [-0.25, -0.2) is 0 Å². The third-order valence-electron chi connectivity index (χ3n) is 6.31. The Balaban J connectivity index is 1.32. The molecule has 0 atom stereocenters. The number of benzene rings is 3. The lowest BCUT2D eigenvalue weighted by Crippen LogP contribution is -2.35. The van der Waals surface area contributed by atoms with E-state index in [4.69, 9.17) is 31.2 Å². The van der Waals surface area contributed by atoms with Gasteiger partial charge >= 0.3 is 0 Å². The Labute approximate surface area is 218 Å². The molecule has 0 fully saturated rings. The highest BCUT2D eigenvalue weighted by Crippen LogP contribution is 2.34. The molecule has 0 spiro atoms. The van der Waals surface area contributed by atoms with Crippen molar-refractivity contribution < 1.29 is 18.9 Å². The highest BCUT2D eigenvalue weighted by atomic mass is 32.1. The number of anilines is 1. The first-order valence-corrected chi connectivity index (χ1v) is 12.4. The lowest BCUT2D eigenvalue weighted by molar-refractivity contribution is 0.172. The molecule has 0 amide bonds. The molecule has 2 aliphatic rings. The third kappa shape index (κ3) is 4.90. The number of aryl methyl sites for hydroxylation is 1. The number of rotatable bonds is 5. The molecule has 4 aromatic rings. The zero-order valence-corrected chi connectivity index (χ0v) is 21.0. The topological polar surface area (TPSA) is 85.1 Å². The summed E-state index contributed by atoms with van der Waals surface area (Å²) >= 11 is 5.83. The van der Waals surface area contributed by atoms with Gasteiger partial charge in [0.05, 0.1) is 12.1 Å². The summed E-state index contributed by atoms with van der Waals surface area (Å²) in [4.78, 5) is 18.1. The van der Waals surface area contributed by atoms with Crippen molar-refractivity contribution in [2.75, 3.05) is 25.3 Å². The Morgan fingerprint density at radius 2 is 1.70 bits per heavy atom. The van der Waals surface area contributed by atoms with Gasteiger partial charge < -0.3 is 34.1 Å². The molecule has 2 N–H and O–H groups in total. The summed E-state index contributed by atoms with van der Waals surface area (Å²) in [6.45, 7) is 3.98. The molecule has 188 valence electrons. The van der Waals surface area contributed by atoms with E-state index in [0.717, 1.165) is 28.0 Å². The van der Waals surface area contributed by atoms with Crippen LogP contribution >= 0.6 is 12.2 Å². The largest absolute Gasteiger partial charge is 0.486 e. The number of aromatic amines is 1. The lowest BCUT2D eigenvalue weighted by Gasteiger charge is -2.26.